The first kappa shape index (κ1) is 23.3. The third kappa shape index (κ3) is 5.13. The van der Waals surface area contributed by atoms with Gasteiger partial charge in [-0.3, -0.25) is 0 Å². The number of piperidine rings is 1. The van der Waals surface area contributed by atoms with Gasteiger partial charge in [0.2, 0.25) is 11.8 Å². The Bertz CT molecular complexity index is 1290. The Kier molecular flexibility index (Phi) is 6.40. The lowest BCUT2D eigenvalue weighted by molar-refractivity contribution is -0.0270. The first-order chi connectivity index (χ1) is 16.9. The molecule has 1 atom stereocenters. The fraction of sp³-hybridized carbons (Fsp3) is 0.360. The fourth-order valence-electron chi connectivity index (χ4n) is 4.67. The van der Waals surface area contributed by atoms with Crippen LogP contribution in [-0.4, -0.2) is 54.6 Å². The molecule has 4 aromatic rings. The highest BCUT2D eigenvalue weighted by molar-refractivity contribution is 5.53. The summed E-state index contributed by atoms with van der Waals surface area (Å²) in [7, 11) is 0. The summed E-state index contributed by atoms with van der Waals surface area (Å²) in [6.07, 6.45) is 4.31. The third-order valence-electron chi connectivity index (χ3n) is 6.45. The number of aryl methyl sites for hydroxylation is 1. The summed E-state index contributed by atoms with van der Waals surface area (Å²) < 4.78 is 35.6. The lowest BCUT2D eigenvalue weighted by Crippen LogP contribution is -2.47. The molecule has 1 N–H and O–H groups in total. The van der Waals surface area contributed by atoms with Gasteiger partial charge in [-0.1, -0.05) is 23.8 Å². The third-order valence-corrected chi connectivity index (χ3v) is 6.45. The predicted molar refractivity (Wildman–Crippen MR) is 123 cm³/mol. The van der Waals surface area contributed by atoms with Crippen LogP contribution >= 0.6 is 0 Å². The van der Waals surface area contributed by atoms with Crippen LogP contribution in [0.4, 0.5) is 8.78 Å². The number of hydrogen-bond acceptors (Lipinski definition) is 7. The van der Waals surface area contributed by atoms with Crippen LogP contribution in [0.5, 0.6) is 0 Å². The van der Waals surface area contributed by atoms with Crippen molar-refractivity contribution in [2.75, 3.05) is 19.6 Å². The van der Waals surface area contributed by atoms with Crippen LogP contribution in [0, 0.1) is 18.6 Å². The minimum Gasteiger partial charge on any atom is -0.420 e. The van der Waals surface area contributed by atoms with E-state index in [4.69, 9.17) is 4.42 Å². The predicted octanol–water partition coefficient (Wildman–Crippen LogP) is 3.68. The molecule has 0 spiro atoms. The van der Waals surface area contributed by atoms with Gasteiger partial charge in [0, 0.05) is 29.7 Å². The number of hydrogen-bond donors (Lipinski definition) is 1. The normalized spacial score (nSPS) is 16.9. The van der Waals surface area contributed by atoms with Gasteiger partial charge in [-0.25, -0.2) is 18.4 Å². The van der Waals surface area contributed by atoms with Crippen LogP contribution in [0.15, 0.2) is 59.5 Å². The molecule has 1 aliphatic rings. The first-order valence-electron chi connectivity index (χ1n) is 11.5. The van der Waals surface area contributed by atoms with E-state index in [1.807, 2.05) is 31.2 Å². The van der Waals surface area contributed by atoms with Crippen molar-refractivity contribution in [3.05, 3.63) is 83.8 Å². The van der Waals surface area contributed by atoms with Crippen molar-refractivity contribution < 1.29 is 18.3 Å². The second-order valence-corrected chi connectivity index (χ2v) is 9.11. The lowest BCUT2D eigenvalue weighted by Gasteiger charge is -2.37. The number of halogens is 2. The van der Waals surface area contributed by atoms with Crippen LogP contribution < -0.4 is 0 Å². The number of aromatic nitrogens is 5. The van der Waals surface area contributed by atoms with Crippen molar-refractivity contribution >= 4 is 0 Å². The Hall–Kier alpha value is -3.50. The first-order valence-corrected chi connectivity index (χ1v) is 11.5. The number of nitrogens with zero attached hydrogens (tertiary/aromatic N) is 6. The summed E-state index contributed by atoms with van der Waals surface area (Å²) in [5, 5.41) is 24.1. The van der Waals surface area contributed by atoms with Crippen LogP contribution in [0.1, 0.15) is 35.8 Å². The van der Waals surface area contributed by atoms with Crippen molar-refractivity contribution in [1.82, 2.24) is 29.9 Å². The second-order valence-electron chi connectivity index (χ2n) is 9.11. The minimum absolute atomic E-state index is 0.0149. The van der Waals surface area contributed by atoms with Crippen molar-refractivity contribution in [2.24, 2.45) is 0 Å². The Labute approximate surface area is 201 Å². The Morgan fingerprint density at radius 3 is 2.63 bits per heavy atom. The average molecular weight is 481 g/mol. The molecule has 10 heteroatoms. The summed E-state index contributed by atoms with van der Waals surface area (Å²) in [5.74, 6) is -0.288. The topological polar surface area (TPSA) is 93.1 Å². The van der Waals surface area contributed by atoms with Gasteiger partial charge >= 0.3 is 0 Å². The molecule has 35 heavy (non-hydrogen) atoms. The van der Waals surface area contributed by atoms with Gasteiger partial charge in [0.1, 0.15) is 29.9 Å². The van der Waals surface area contributed by atoms with E-state index in [0.717, 1.165) is 36.1 Å². The molecule has 182 valence electrons. The van der Waals surface area contributed by atoms with E-state index in [1.165, 1.54) is 23.4 Å². The van der Waals surface area contributed by atoms with Gasteiger partial charge in [-0.2, -0.15) is 5.10 Å². The van der Waals surface area contributed by atoms with Crippen LogP contribution in [-0.2, 0) is 12.1 Å². The number of likely N-dealkylation sites (tertiary alicyclic amines) is 1. The summed E-state index contributed by atoms with van der Waals surface area (Å²) in [6, 6.07) is 11.1. The average Bonchev–Trinajstić information content (AvgIpc) is 3.52. The summed E-state index contributed by atoms with van der Waals surface area (Å²) in [4.78, 5) is 5.97. The minimum atomic E-state index is -1.62. The molecule has 0 radical (unpaired) electrons. The Morgan fingerprint density at radius 1 is 1.09 bits per heavy atom. The molecule has 3 heterocycles. The maximum Gasteiger partial charge on any atom is 0.247 e. The van der Waals surface area contributed by atoms with E-state index >= 15 is 0 Å². The molecular weight excluding hydrogens is 454 g/mol. The summed E-state index contributed by atoms with van der Waals surface area (Å²) in [6.45, 7) is 3.45. The van der Waals surface area contributed by atoms with Gasteiger partial charge in [-0.15, -0.1) is 10.2 Å². The van der Waals surface area contributed by atoms with Gasteiger partial charge in [0.25, 0.3) is 0 Å². The molecular formula is C25H26F2N6O2. The highest BCUT2D eigenvalue weighted by Crippen LogP contribution is 2.33. The molecule has 1 unspecified atom stereocenters. The number of β-amino-alcohol motifs (C(OH)–C–C–N with tert-alkyl or cyclic N) is 1. The Balaban J connectivity index is 1.29. The monoisotopic (exact) mass is 480 g/mol. The molecule has 1 aliphatic heterocycles. The van der Waals surface area contributed by atoms with E-state index in [1.54, 1.807) is 0 Å². The largest absolute Gasteiger partial charge is 0.420 e. The standard InChI is InChI=1S/C25H26F2N6O2/c1-17-3-2-4-19(11-17)24-31-30-23(35-24)18-7-9-32(10-8-18)13-25(34,14-33-16-28-15-29-33)21-6-5-20(26)12-22(21)27/h2-6,11-12,15-16,18,34H,7-10,13-14H2,1H3. The van der Waals surface area contributed by atoms with Crippen molar-refractivity contribution in [3.8, 4) is 11.5 Å². The number of aliphatic hydroxyl groups is 1. The molecule has 0 bridgehead atoms. The quantitative estimate of drug-likeness (QED) is 0.431. The van der Waals surface area contributed by atoms with Crippen molar-refractivity contribution in [3.63, 3.8) is 0 Å². The zero-order valence-electron chi connectivity index (χ0n) is 19.3. The van der Waals surface area contributed by atoms with Crippen LogP contribution in [0.25, 0.3) is 11.5 Å². The SMILES string of the molecule is Cc1cccc(-c2nnc(C3CCN(CC(O)(Cn4cncn4)c4ccc(F)cc4F)CC3)o2)c1. The molecule has 0 saturated carbocycles. The molecule has 2 aromatic carbocycles. The summed E-state index contributed by atoms with van der Waals surface area (Å²) >= 11 is 0. The molecule has 8 nitrogen and oxygen atoms in total. The zero-order valence-corrected chi connectivity index (χ0v) is 19.3. The molecule has 0 aliphatic carbocycles. The van der Waals surface area contributed by atoms with E-state index < -0.39 is 17.2 Å². The van der Waals surface area contributed by atoms with Gasteiger partial charge in [0.15, 0.2) is 0 Å². The van der Waals surface area contributed by atoms with Crippen molar-refractivity contribution in [2.45, 2.75) is 37.8 Å². The van der Waals surface area contributed by atoms with E-state index in [9.17, 15) is 13.9 Å². The Morgan fingerprint density at radius 2 is 1.91 bits per heavy atom. The molecule has 5 rings (SSSR count). The molecule has 2 aromatic heterocycles. The number of benzene rings is 2. The van der Waals surface area contributed by atoms with Crippen LogP contribution in [0.3, 0.4) is 0 Å². The number of rotatable bonds is 7. The van der Waals surface area contributed by atoms with E-state index in [-0.39, 0.29) is 24.6 Å². The van der Waals surface area contributed by atoms with Crippen LogP contribution in [0.2, 0.25) is 0 Å². The lowest BCUT2D eigenvalue weighted by atomic mass is 9.90. The fourth-order valence-corrected chi connectivity index (χ4v) is 4.67. The molecule has 1 fully saturated rings. The van der Waals surface area contributed by atoms with Gasteiger partial charge in [-0.05, 0) is 51.1 Å². The van der Waals surface area contributed by atoms with Gasteiger partial charge in [0.05, 0.1) is 6.54 Å². The van der Waals surface area contributed by atoms with E-state index in [0.29, 0.717) is 24.9 Å². The summed E-state index contributed by atoms with van der Waals surface area (Å²) in [5.41, 5.74) is 0.407. The van der Waals surface area contributed by atoms with Crippen molar-refractivity contribution in [1.29, 1.82) is 0 Å². The highest BCUT2D eigenvalue weighted by atomic mass is 19.1. The maximum atomic E-state index is 14.7. The van der Waals surface area contributed by atoms with E-state index in [2.05, 4.69) is 25.2 Å². The van der Waals surface area contributed by atoms with Gasteiger partial charge < -0.3 is 14.4 Å². The highest BCUT2D eigenvalue weighted by Gasteiger charge is 2.37. The zero-order chi connectivity index (χ0) is 24.4. The maximum absolute atomic E-state index is 14.7. The molecule has 0 amide bonds. The second kappa shape index (κ2) is 9.63. The molecule has 1 saturated heterocycles. The smallest absolute Gasteiger partial charge is 0.247 e.